The van der Waals surface area contributed by atoms with E-state index in [2.05, 4.69) is 16.7 Å². The second-order valence-electron chi connectivity index (χ2n) is 7.22. The molecule has 0 radical (unpaired) electrons. The lowest BCUT2D eigenvalue weighted by Crippen LogP contribution is -2.31. The first-order valence-electron chi connectivity index (χ1n) is 9.42. The lowest BCUT2D eigenvalue weighted by Gasteiger charge is -2.10. The zero-order valence-corrected chi connectivity index (χ0v) is 15.9. The Hall–Kier alpha value is -2.82. The third kappa shape index (κ3) is 5.58. The minimum absolute atomic E-state index is 0.00969. The number of aryl methyl sites for hydroxylation is 2. The number of anilines is 1. The highest BCUT2D eigenvalue weighted by atomic mass is 16.5. The molecule has 0 aromatic heterocycles. The van der Waals surface area contributed by atoms with Crippen LogP contribution in [0.15, 0.2) is 42.5 Å². The molecular formula is C22H26N2O3. The van der Waals surface area contributed by atoms with Gasteiger partial charge in [0.15, 0.2) is 6.61 Å². The fourth-order valence-corrected chi connectivity index (χ4v) is 3.25. The predicted molar refractivity (Wildman–Crippen MR) is 106 cm³/mol. The van der Waals surface area contributed by atoms with Gasteiger partial charge in [-0.05, 0) is 74.1 Å². The molecule has 0 spiro atoms. The highest BCUT2D eigenvalue weighted by Crippen LogP contribution is 2.26. The Kier molecular flexibility index (Phi) is 6.12. The molecule has 5 nitrogen and oxygen atoms in total. The molecule has 1 aliphatic rings. The number of fused-ring (bicyclic) bond motifs is 1. The van der Waals surface area contributed by atoms with Crippen LogP contribution in [0.1, 0.15) is 37.0 Å². The molecule has 27 heavy (non-hydrogen) atoms. The predicted octanol–water partition coefficient (Wildman–Crippen LogP) is 3.26. The third-order valence-corrected chi connectivity index (χ3v) is 4.49. The summed E-state index contributed by atoms with van der Waals surface area (Å²) in [7, 11) is 0. The van der Waals surface area contributed by atoms with Crippen molar-refractivity contribution < 1.29 is 14.3 Å². The highest BCUT2D eigenvalue weighted by Gasteiger charge is 2.12. The molecule has 0 saturated heterocycles. The summed E-state index contributed by atoms with van der Waals surface area (Å²) in [6, 6.07) is 13.5. The Morgan fingerprint density at radius 1 is 1.00 bits per heavy atom. The van der Waals surface area contributed by atoms with Crippen molar-refractivity contribution in [3.63, 3.8) is 0 Å². The van der Waals surface area contributed by atoms with Gasteiger partial charge in [0, 0.05) is 11.7 Å². The Bertz CT molecular complexity index is 813. The zero-order valence-electron chi connectivity index (χ0n) is 15.9. The monoisotopic (exact) mass is 366 g/mol. The van der Waals surface area contributed by atoms with Crippen molar-refractivity contribution in [3.8, 4) is 5.75 Å². The van der Waals surface area contributed by atoms with Gasteiger partial charge in [-0.3, -0.25) is 9.59 Å². The highest BCUT2D eigenvalue weighted by molar-refractivity contribution is 5.92. The number of ether oxygens (including phenoxy) is 1. The standard InChI is InChI=1S/C22H26N2O3/c1-15(2)23-21(25)12-16-6-9-19(10-7-16)24-22(26)14-27-20-11-8-17-4-3-5-18(17)13-20/h6-11,13,15H,3-5,12,14H2,1-2H3,(H,23,25)(H,24,26). The summed E-state index contributed by atoms with van der Waals surface area (Å²) < 4.78 is 5.61. The van der Waals surface area contributed by atoms with Crippen molar-refractivity contribution in [2.24, 2.45) is 0 Å². The van der Waals surface area contributed by atoms with Gasteiger partial charge in [-0.15, -0.1) is 0 Å². The van der Waals surface area contributed by atoms with Gasteiger partial charge in [0.05, 0.1) is 6.42 Å². The van der Waals surface area contributed by atoms with Crippen LogP contribution in [0.4, 0.5) is 5.69 Å². The lowest BCUT2D eigenvalue weighted by molar-refractivity contribution is -0.121. The van der Waals surface area contributed by atoms with E-state index in [4.69, 9.17) is 4.74 Å². The largest absolute Gasteiger partial charge is 0.484 e. The van der Waals surface area contributed by atoms with E-state index in [9.17, 15) is 9.59 Å². The summed E-state index contributed by atoms with van der Waals surface area (Å²) in [5.74, 6) is 0.516. The number of nitrogens with one attached hydrogen (secondary N) is 2. The van der Waals surface area contributed by atoms with Gasteiger partial charge in [-0.2, -0.15) is 0 Å². The molecule has 0 fully saturated rings. The number of amides is 2. The number of hydrogen-bond donors (Lipinski definition) is 2. The van der Waals surface area contributed by atoms with Crippen LogP contribution in [0.3, 0.4) is 0 Å². The van der Waals surface area contributed by atoms with Crippen molar-refractivity contribution >= 4 is 17.5 Å². The Labute approximate surface area is 160 Å². The molecule has 1 aliphatic carbocycles. The fraction of sp³-hybridized carbons (Fsp3) is 0.364. The molecule has 2 aromatic rings. The first-order chi connectivity index (χ1) is 13.0. The van der Waals surface area contributed by atoms with E-state index < -0.39 is 0 Å². The van der Waals surface area contributed by atoms with Gasteiger partial charge in [0.25, 0.3) is 5.91 Å². The molecular weight excluding hydrogens is 340 g/mol. The average molecular weight is 366 g/mol. The zero-order chi connectivity index (χ0) is 19.2. The van der Waals surface area contributed by atoms with Gasteiger partial charge >= 0.3 is 0 Å². The molecule has 0 heterocycles. The van der Waals surface area contributed by atoms with E-state index in [-0.39, 0.29) is 24.5 Å². The maximum absolute atomic E-state index is 12.1. The smallest absolute Gasteiger partial charge is 0.262 e. The summed E-state index contributed by atoms with van der Waals surface area (Å²) >= 11 is 0. The number of hydrogen-bond acceptors (Lipinski definition) is 3. The summed E-state index contributed by atoms with van der Waals surface area (Å²) in [4.78, 5) is 23.9. The van der Waals surface area contributed by atoms with Gasteiger partial charge in [-0.25, -0.2) is 0 Å². The van der Waals surface area contributed by atoms with Crippen LogP contribution in [0, 0.1) is 0 Å². The molecule has 5 heteroatoms. The van der Waals surface area contributed by atoms with Crippen LogP contribution in [-0.2, 0) is 28.9 Å². The van der Waals surface area contributed by atoms with Crippen molar-refractivity contribution in [2.75, 3.05) is 11.9 Å². The first kappa shape index (κ1) is 19.0. The average Bonchev–Trinajstić information content (AvgIpc) is 3.08. The normalized spacial score (nSPS) is 12.6. The van der Waals surface area contributed by atoms with E-state index in [1.165, 1.54) is 17.5 Å². The summed E-state index contributed by atoms with van der Waals surface area (Å²) in [6.07, 6.45) is 3.73. The minimum Gasteiger partial charge on any atom is -0.484 e. The van der Waals surface area contributed by atoms with Crippen molar-refractivity contribution in [1.82, 2.24) is 5.32 Å². The topological polar surface area (TPSA) is 67.4 Å². The van der Waals surface area contributed by atoms with Crippen LogP contribution in [0.25, 0.3) is 0 Å². The summed E-state index contributed by atoms with van der Waals surface area (Å²) in [6.45, 7) is 3.83. The molecule has 3 rings (SSSR count). The van der Waals surface area contributed by atoms with Gasteiger partial charge in [0.2, 0.25) is 5.91 Å². The minimum atomic E-state index is -0.208. The fourth-order valence-electron chi connectivity index (χ4n) is 3.25. The lowest BCUT2D eigenvalue weighted by atomic mass is 10.1. The molecule has 142 valence electrons. The molecule has 0 saturated carbocycles. The third-order valence-electron chi connectivity index (χ3n) is 4.49. The van der Waals surface area contributed by atoms with E-state index in [1.807, 2.05) is 38.1 Å². The Morgan fingerprint density at radius 2 is 1.74 bits per heavy atom. The SMILES string of the molecule is CC(C)NC(=O)Cc1ccc(NC(=O)COc2ccc3c(c2)CCC3)cc1. The Morgan fingerprint density at radius 3 is 2.48 bits per heavy atom. The van der Waals surface area contributed by atoms with Crippen LogP contribution in [-0.4, -0.2) is 24.5 Å². The quantitative estimate of drug-likeness (QED) is 0.790. The van der Waals surface area contributed by atoms with Crippen LogP contribution < -0.4 is 15.4 Å². The number of carbonyl (C=O) groups is 2. The van der Waals surface area contributed by atoms with E-state index >= 15 is 0 Å². The van der Waals surface area contributed by atoms with Gasteiger partial charge in [-0.1, -0.05) is 18.2 Å². The molecule has 0 aliphatic heterocycles. The summed E-state index contributed by atoms with van der Waals surface area (Å²) in [5, 5.41) is 5.67. The molecule has 0 unspecified atom stereocenters. The molecule has 2 aromatic carbocycles. The number of rotatable bonds is 7. The molecule has 0 atom stereocenters. The van der Waals surface area contributed by atoms with E-state index in [0.29, 0.717) is 12.1 Å². The maximum atomic E-state index is 12.1. The van der Waals surface area contributed by atoms with Crippen molar-refractivity contribution in [2.45, 2.75) is 45.6 Å². The number of carbonyl (C=O) groups excluding carboxylic acids is 2. The molecule has 2 N–H and O–H groups in total. The van der Waals surface area contributed by atoms with E-state index in [0.717, 1.165) is 24.2 Å². The van der Waals surface area contributed by atoms with Gasteiger partial charge < -0.3 is 15.4 Å². The van der Waals surface area contributed by atoms with E-state index in [1.54, 1.807) is 12.1 Å². The van der Waals surface area contributed by atoms with Crippen LogP contribution in [0.2, 0.25) is 0 Å². The van der Waals surface area contributed by atoms with Gasteiger partial charge in [0.1, 0.15) is 5.75 Å². The number of benzene rings is 2. The molecule has 0 bridgehead atoms. The second-order valence-corrected chi connectivity index (χ2v) is 7.22. The van der Waals surface area contributed by atoms with Crippen molar-refractivity contribution in [3.05, 3.63) is 59.2 Å². The molecule has 2 amide bonds. The van der Waals surface area contributed by atoms with Crippen LogP contribution >= 0.6 is 0 Å². The second kappa shape index (κ2) is 8.71. The van der Waals surface area contributed by atoms with Crippen molar-refractivity contribution in [1.29, 1.82) is 0 Å². The summed E-state index contributed by atoms with van der Waals surface area (Å²) in [5.41, 5.74) is 4.30. The van der Waals surface area contributed by atoms with Crippen LogP contribution in [0.5, 0.6) is 5.75 Å². The first-order valence-corrected chi connectivity index (χ1v) is 9.42. The maximum Gasteiger partial charge on any atom is 0.262 e. The Balaban J connectivity index is 1.47.